The maximum Gasteiger partial charge on any atom is 0.180 e. The van der Waals surface area contributed by atoms with E-state index in [4.69, 9.17) is 5.73 Å². The number of ketones is 1. The molecule has 2 rings (SSSR count). The van der Waals surface area contributed by atoms with Gasteiger partial charge < -0.3 is 5.73 Å². The molecule has 5 nitrogen and oxygen atoms in total. The zero-order valence-electron chi connectivity index (χ0n) is 8.69. The van der Waals surface area contributed by atoms with Crippen LogP contribution in [0.25, 0.3) is 5.52 Å². The van der Waals surface area contributed by atoms with Crippen LogP contribution in [0.2, 0.25) is 0 Å². The highest BCUT2D eigenvalue weighted by Crippen LogP contribution is 2.19. The maximum absolute atomic E-state index is 11.6. The SMILES string of the molecule is CCC(=O)c1cc(C)c2c(N)ncnn12. The molecule has 0 saturated heterocycles. The highest BCUT2D eigenvalue weighted by Gasteiger charge is 2.14. The first-order valence-electron chi connectivity index (χ1n) is 4.77. The molecule has 15 heavy (non-hydrogen) atoms. The molecule has 0 unspecified atom stereocenters. The number of carbonyl (C=O) groups excluding carboxylic acids is 1. The van der Waals surface area contributed by atoms with E-state index >= 15 is 0 Å². The van der Waals surface area contributed by atoms with Crippen LogP contribution in [0.1, 0.15) is 29.4 Å². The summed E-state index contributed by atoms with van der Waals surface area (Å²) in [5, 5.41) is 4.04. The van der Waals surface area contributed by atoms with Crippen molar-refractivity contribution in [3.8, 4) is 0 Å². The predicted molar refractivity (Wildman–Crippen MR) is 56.8 cm³/mol. The first-order valence-corrected chi connectivity index (χ1v) is 4.77. The Morgan fingerprint density at radius 2 is 2.33 bits per heavy atom. The van der Waals surface area contributed by atoms with Gasteiger partial charge in [0.2, 0.25) is 0 Å². The van der Waals surface area contributed by atoms with Gasteiger partial charge in [-0.3, -0.25) is 4.79 Å². The molecule has 0 bridgehead atoms. The molecule has 2 aromatic rings. The Hall–Kier alpha value is -1.91. The number of nitrogens with two attached hydrogens (primary N) is 1. The number of carbonyl (C=O) groups is 1. The number of rotatable bonds is 2. The molecule has 0 atom stereocenters. The van der Waals surface area contributed by atoms with Crippen molar-refractivity contribution in [2.75, 3.05) is 5.73 Å². The second-order valence-corrected chi connectivity index (χ2v) is 3.40. The summed E-state index contributed by atoms with van der Waals surface area (Å²) in [5.74, 6) is 0.453. The van der Waals surface area contributed by atoms with Gasteiger partial charge in [0.1, 0.15) is 17.5 Å². The van der Waals surface area contributed by atoms with Gasteiger partial charge in [-0.25, -0.2) is 9.50 Å². The molecular weight excluding hydrogens is 192 g/mol. The Labute approximate surface area is 86.9 Å². The molecule has 0 fully saturated rings. The molecule has 0 aliphatic carbocycles. The third-order valence-electron chi connectivity index (χ3n) is 2.38. The Balaban J connectivity index is 2.79. The van der Waals surface area contributed by atoms with Crippen molar-refractivity contribution in [1.29, 1.82) is 0 Å². The molecule has 0 saturated carbocycles. The van der Waals surface area contributed by atoms with Crippen molar-refractivity contribution >= 4 is 17.1 Å². The van der Waals surface area contributed by atoms with E-state index in [9.17, 15) is 4.79 Å². The zero-order chi connectivity index (χ0) is 11.0. The van der Waals surface area contributed by atoms with Gasteiger partial charge in [-0.2, -0.15) is 5.10 Å². The van der Waals surface area contributed by atoms with Crippen molar-refractivity contribution in [1.82, 2.24) is 14.6 Å². The lowest BCUT2D eigenvalue weighted by atomic mass is 10.2. The minimum Gasteiger partial charge on any atom is -0.382 e. The van der Waals surface area contributed by atoms with E-state index in [2.05, 4.69) is 10.1 Å². The largest absolute Gasteiger partial charge is 0.382 e. The normalized spacial score (nSPS) is 10.8. The second kappa shape index (κ2) is 3.34. The second-order valence-electron chi connectivity index (χ2n) is 3.40. The smallest absolute Gasteiger partial charge is 0.180 e. The first-order chi connectivity index (χ1) is 7.15. The molecule has 2 aromatic heterocycles. The number of nitrogen functional groups attached to an aromatic ring is 1. The average Bonchev–Trinajstić information content (AvgIpc) is 2.56. The van der Waals surface area contributed by atoms with E-state index in [0.717, 1.165) is 5.56 Å². The zero-order valence-corrected chi connectivity index (χ0v) is 8.69. The molecule has 78 valence electrons. The summed E-state index contributed by atoms with van der Waals surface area (Å²) in [6.45, 7) is 3.71. The molecule has 0 spiro atoms. The third kappa shape index (κ3) is 1.36. The molecule has 0 aliphatic heterocycles. The van der Waals surface area contributed by atoms with Crippen LogP contribution >= 0.6 is 0 Å². The number of fused-ring (bicyclic) bond motifs is 1. The number of hydrogen-bond acceptors (Lipinski definition) is 4. The molecule has 2 heterocycles. The van der Waals surface area contributed by atoms with Crippen molar-refractivity contribution in [3.05, 3.63) is 23.7 Å². The van der Waals surface area contributed by atoms with Crippen LogP contribution in [-0.4, -0.2) is 20.4 Å². The molecule has 2 N–H and O–H groups in total. The number of nitrogens with zero attached hydrogens (tertiary/aromatic N) is 3. The van der Waals surface area contributed by atoms with Gasteiger partial charge in [-0.05, 0) is 18.6 Å². The monoisotopic (exact) mass is 204 g/mol. The number of Topliss-reactive ketones (excluding diaryl/α,β-unsaturated/α-hetero) is 1. The molecule has 0 aromatic carbocycles. The highest BCUT2D eigenvalue weighted by molar-refractivity contribution is 5.96. The van der Waals surface area contributed by atoms with Crippen LogP contribution in [0.15, 0.2) is 12.4 Å². The lowest BCUT2D eigenvalue weighted by molar-refractivity contribution is 0.0981. The predicted octanol–water partition coefficient (Wildman–Crippen LogP) is 1.21. The summed E-state index contributed by atoms with van der Waals surface area (Å²) in [4.78, 5) is 15.5. The third-order valence-corrected chi connectivity index (χ3v) is 2.38. The van der Waals surface area contributed by atoms with Gasteiger partial charge >= 0.3 is 0 Å². The summed E-state index contributed by atoms with van der Waals surface area (Å²) in [6, 6.07) is 1.80. The first kappa shape index (κ1) is 9.64. The molecule has 5 heteroatoms. The van der Waals surface area contributed by atoms with Crippen LogP contribution in [0.3, 0.4) is 0 Å². The number of anilines is 1. The minimum atomic E-state index is 0.0520. The molecule has 0 radical (unpaired) electrons. The van der Waals surface area contributed by atoms with Gasteiger partial charge in [-0.15, -0.1) is 0 Å². The Morgan fingerprint density at radius 3 is 3.00 bits per heavy atom. The number of aryl methyl sites for hydroxylation is 1. The quantitative estimate of drug-likeness (QED) is 0.746. The van der Waals surface area contributed by atoms with Crippen molar-refractivity contribution < 1.29 is 4.79 Å². The van der Waals surface area contributed by atoms with Gasteiger partial charge in [-0.1, -0.05) is 6.92 Å². The number of aromatic nitrogens is 3. The summed E-state index contributed by atoms with van der Waals surface area (Å²) in [6.07, 6.45) is 1.81. The average molecular weight is 204 g/mol. The van der Waals surface area contributed by atoms with Crippen LogP contribution in [0, 0.1) is 6.92 Å². The maximum atomic E-state index is 11.6. The van der Waals surface area contributed by atoms with E-state index in [1.807, 2.05) is 13.8 Å². The lowest BCUT2D eigenvalue weighted by Crippen LogP contribution is -2.06. The van der Waals surface area contributed by atoms with Gasteiger partial charge in [0.25, 0.3) is 0 Å². The molecule has 0 aliphatic rings. The fraction of sp³-hybridized carbons (Fsp3) is 0.300. The van der Waals surface area contributed by atoms with Crippen LogP contribution in [-0.2, 0) is 0 Å². The van der Waals surface area contributed by atoms with Crippen LogP contribution in [0.4, 0.5) is 5.82 Å². The van der Waals surface area contributed by atoms with Crippen molar-refractivity contribution in [2.24, 2.45) is 0 Å². The van der Waals surface area contributed by atoms with E-state index in [1.54, 1.807) is 10.6 Å². The van der Waals surface area contributed by atoms with Gasteiger partial charge in [0.15, 0.2) is 11.6 Å². The van der Waals surface area contributed by atoms with Gasteiger partial charge in [0, 0.05) is 6.42 Å². The summed E-state index contributed by atoms with van der Waals surface area (Å²) >= 11 is 0. The van der Waals surface area contributed by atoms with Crippen molar-refractivity contribution in [2.45, 2.75) is 20.3 Å². The molecular formula is C10H12N4O. The van der Waals surface area contributed by atoms with Gasteiger partial charge in [0.05, 0.1) is 0 Å². The summed E-state index contributed by atoms with van der Waals surface area (Å²) < 4.78 is 1.56. The van der Waals surface area contributed by atoms with E-state index in [0.29, 0.717) is 23.4 Å². The Morgan fingerprint density at radius 1 is 1.60 bits per heavy atom. The minimum absolute atomic E-state index is 0.0520. The summed E-state index contributed by atoms with van der Waals surface area (Å²) in [7, 11) is 0. The highest BCUT2D eigenvalue weighted by atomic mass is 16.1. The van der Waals surface area contributed by atoms with E-state index in [-0.39, 0.29) is 5.78 Å². The van der Waals surface area contributed by atoms with Crippen molar-refractivity contribution in [3.63, 3.8) is 0 Å². The molecule has 0 amide bonds. The fourth-order valence-electron chi connectivity index (χ4n) is 1.63. The van der Waals surface area contributed by atoms with Crippen LogP contribution < -0.4 is 5.73 Å². The summed E-state index contributed by atoms with van der Waals surface area (Å²) in [5.41, 5.74) is 7.94. The Kier molecular flexibility index (Phi) is 2.15. The number of hydrogen-bond donors (Lipinski definition) is 1. The van der Waals surface area contributed by atoms with E-state index < -0.39 is 0 Å². The fourth-order valence-corrected chi connectivity index (χ4v) is 1.63. The standard InChI is InChI=1S/C10H12N4O/c1-3-8(15)7-4-6(2)9-10(11)12-5-13-14(7)9/h4-5H,3H2,1-2H3,(H2,11,12,13). The van der Waals surface area contributed by atoms with Crippen LogP contribution in [0.5, 0.6) is 0 Å². The Bertz CT molecular complexity index is 529. The van der Waals surface area contributed by atoms with E-state index in [1.165, 1.54) is 6.33 Å². The topological polar surface area (TPSA) is 73.3 Å². The lowest BCUT2D eigenvalue weighted by Gasteiger charge is -2.00.